The van der Waals surface area contributed by atoms with E-state index in [0.717, 1.165) is 5.70 Å². The highest BCUT2D eigenvalue weighted by Gasteiger charge is 2.41. The van der Waals surface area contributed by atoms with Gasteiger partial charge in [0.25, 0.3) is 5.91 Å². The van der Waals surface area contributed by atoms with Gasteiger partial charge in [-0.3, -0.25) is 13.8 Å². The van der Waals surface area contributed by atoms with Gasteiger partial charge in [-0.1, -0.05) is 30.3 Å². The summed E-state index contributed by atoms with van der Waals surface area (Å²) in [7, 11) is 0.845. The van der Waals surface area contributed by atoms with Crippen LogP contribution in [0.2, 0.25) is 0 Å². The maximum absolute atomic E-state index is 13.6. The molecule has 2 aromatic carbocycles. The Hall–Kier alpha value is -3.86. The standard InChI is InChI=1S/C27H32N6O4S/c1-30-16-23-25(34)33(18-32(23)17-30)21-12-14-31(15-13-21)26(35)24(19-6-4-3-5-7-19)29-27(36)28-20-8-10-22(11-9-20)38(2)37/h3-11,16,21,24H,12-15,17-18H2,1-2H3,(H2,28,29,36). The summed E-state index contributed by atoms with van der Waals surface area (Å²) in [5, 5.41) is 5.60. The van der Waals surface area contributed by atoms with Crippen LogP contribution in [0.3, 0.4) is 0 Å². The molecule has 0 spiro atoms. The highest BCUT2D eigenvalue weighted by molar-refractivity contribution is 7.84. The average Bonchev–Trinajstić information content (AvgIpc) is 3.44. The number of hydrogen-bond donors (Lipinski definition) is 2. The molecule has 2 saturated heterocycles. The van der Waals surface area contributed by atoms with Crippen molar-refractivity contribution < 1.29 is 18.6 Å². The number of rotatable bonds is 6. The van der Waals surface area contributed by atoms with Crippen LogP contribution >= 0.6 is 0 Å². The van der Waals surface area contributed by atoms with E-state index >= 15 is 0 Å². The van der Waals surface area contributed by atoms with Crippen molar-refractivity contribution in [3.05, 3.63) is 72.1 Å². The summed E-state index contributed by atoms with van der Waals surface area (Å²) >= 11 is 0. The van der Waals surface area contributed by atoms with E-state index in [9.17, 15) is 18.6 Å². The minimum atomic E-state index is -1.11. The molecule has 3 aliphatic rings. The van der Waals surface area contributed by atoms with Crippen molar-refractivity contribution in [3.63, 3.8) is 0 Å². The summed E-state index contributed by atoms with van der Waals surface area (Å²) in [6, 6.07) is 14.6. The summed E-state index contributed by atoms with van der Waals surface area (Å²) < 4.78 is 11.6. The van der Waals surface area contributed by atoms with E-state index in [2.05, 4.69) is 15.5 Å². The molecule has 4 amide bonds. The van der Waals surface area contributed by atoms with Crippen molar-refractivity contribution in [2.75, 3.05) is 45.0 Å². The van der Waals surface area contributed by atoms with E-state index in [0.29, 0.717) is 55.4 Å². The van der Waals surface area contributed by atoms with Gasteiger partial charge in [0, 0.05) is 60.0 Å². The van der Waals surface area contributed by atoms with Crippen LogP contribution in [0.1, 0.15) is 24.4 Å². The van der Waals surface area contributed by atoms with E-state index in [-0.39, 0.29) is 17.9 Å². The Bertz CT molecular complexity index is 1260. The van der Waals surface area contributed by atoms with Crippen molar-refractivity contribution in [1.29, 1.82) is 0 Å². The lowest BCUT2D eigenvalue weighted by Crippen LogP contribution is -2.51. The van der Waals surface area contributed by atoms with Gasteiger partial charge in [-0.15, -0.1) is 0 Å². The third-order valence-electron chi connectivity index (χ3n) is 7.20. The first-order valence-electron chi connectivity index (χ1n) is 12.6. The van der Waals surface area contributed by atoms with Crippen molar-refractivity contribution >= 4 is 34.3 Å². The molecule has 2 aromatic rings. The molecule has 10 nitrogen and oxygen atoms in total. The lowest BCUT2D eigenvalue weighted by molar-refractivity contribution is -0.135. The topological polar surface area (TPSA) is 105 Å². The number of likely N-dealkylation sites (tertiary alicyclic amines) is 1. The fourth-order valence-electron chi connectivity index (χ4n) is 5.21. The Kier molecular flexibility index (Phi) is 7.37. The number of nitrogens with one attached hydrogen (secondary N) is 2. The van der Waals surface area contributed by atoms with Crippen molar-refractivity contribution in [2.45, 2.75) is 29.8 Å². The number of amides is 4. The second-order valence-corrected chi connectivity index (χ2v) is 11.2. The molecule has 0 saturated carbocycles. The molecule has 2 N–H and O–H groups in total. The molecule has 11 heteroatoms. The van der Waals surface area contributed by atoms with E-state index in [1.807, 2.05) is 53.4 Å². The Balaban J connectivity index is 1.23. The largest absolute Gasteiger partial charge is 0.361 e. The Morgan fingerprint density at radius 1 is 1.00 bits per heavy atom. The van der Waals surface area contributed by atoms with Gasteiger partial charge in [0.15, 0.2) is 0 Å². The van der Waals surface area contributed by atoms with Crippen LogP contribution in [0.5, 0.6) is 0 Å². The minimum Gasteiger partial charge on any atom is -0.361 e. The molecular weight excluding hydrogens is 504 g/mol. The van der Waals surface area contributed by atoms with Crippen molar-refractivity contribution in [2.24, 2.45) is 0 Å². The number of nitrogens with zero attached hydrogens (tertiary/aromatic N) is 4. The second kappa shape index (κ2) is 10.9. The predicted octanol–water partition coefficient (Wildman–Crippen LogP) is 2.12. The lowest BCUT2D eigenvalue weighted by atomic mass is 10.0. The molecule has 2 atom stereocenters. The van der Waals surface area contributed by atoms with E-state index < -0.39 is 22.9 Å². The number of anilines is 1. The minimum absolute atomic E-state index is 0.0536. The number of fused-ring (bicyclic) bond motifs is 1. The molecule has 3 aliphatic heterocycles. The smallest absolute Gasteiger partial charge is 0.320 e. The summed E-state index contributed by atoms with van der Waals surface area (Å²) in [4.78, 5) is 47.8. The number of benzene rings is 2. The van der Waals surface area contributed by atoms with E-state index in [1.54, 1.807) is 35.4 Å². The maximum Gasteiger partial charge on any atom is 0.320 e. The SMILES string of the molecule is CN1C=C2C(=O)N(C3CCN(C(=O)C(NC(=O)Nc4ccc(S(C)=O)cc4)c4ccccc4)CC3)CN2C1. The fraction of sp³-hybridized carbons (Fsp3) is 0.370. The molecule has 200 valence electrons. The van der Waals surface area contributed by atoms with Crippen LogP contribution < -0.4 is 10.6 Å². The van der Waals surface area contributed by atoms with E-state index in [4.69, 9.17) is 0 Å². The first kappa shape index (κ1) is 25.8. The third-order valence-corrected chi connectivity index (χ3v) is 8.13. The fourth-order valence-corrected chi connectivity index (χ4v) is 5.73. The van der Waals surface area contributed by atoms with Crippen LogP contribution in [-0.4, -0.2) is 87.4 Å². The third kappa shape index (κ3) is 5.38. The zero-order valence-corrected chi connectivity index (χ0v) is 22.3. The normalized spacial score (nSPS) is 19.2. The highest BCUT2D eigenvalue weighted by Crippen LogP contribution is 2.29. The van der Waals surface area contributed by atoms with Gasteiger partial charge in [-0.2, -0.15) is 0 Å². The molecule has 38 heavy (non-hydrogen) atoms. The zero-order chi connectivity index (χ0) is 26.8. The number of hydrogen-bond acceptors (Lipinski definition) is 6. The molecule has 0 aromatic heterocycles. The zero-order valence-electron chi connectivity index (χ0n) is 21.5. The quantitative estimate of drug-likeness (QED) is 0.586. The van der Waals surface area contributed by atoms with Gasteiger partial charge in [0.1, 0.15) is 11.7 Å². The number of carbonyl (C=O) groups is 3. The monoisotopic (exact) mass is 536 g/mol. The Morgan fingerprint density at radius 3 is 2.32 bits per heavy atom. The van der Waals surface area contributed by atoms with Crippen LogP contribution in [-0.2, 0) is 20.4 Å². The summed E-state index contributed by atoms with van der Waals surface area (Å²) in [5.41, 5.74) is 1.97. The number of piperidine rings is 1. The van der Waals surface area contributed by atoms with Crippen LogP contribution in [0.4, 0.5) is 10.5 Å². The van der Waals surface area contributed by atoms with Crippen molar-refractivity contribution in [1.82, 2.24) is 24.9 Å². The molecule has 3 heterocycles. The lowest BCUT2D eigenvalue weighted by Gasteiger charge is -2.38. The number of carbonyl (C=O) groups excluding carboxylic acids is 3. The molecular formula is C27H32N6O4S. The van der Waals surface area contributed by atoms with E-state index in [1.165, 1.54) is 0 Å². The molecule has 2 unspecified atom stereocenters. The van der Waals surface area contributed by atoms with Gasteiger partial charge < -0.3 is 30.2 Å². The molecule has 0 bridgehead atoms. The maximum atomic E-state index is 13.6. The highest BCUT2D eigenvalue weighted by atomic mass is 32.2. The van der Waals surface area contributed by atoms with Gasteiger partial charge in [-0.05, 0) is 42.7 Å². The Morgan fingerprint density at radius 2 is 1.68 bits per heavy atom. The average molecular weight is 537 g/mol. The van der Waals surface area contributed by atoms with Crippen LogP contribution in [0.15, 0.2) is 71.4 Å². The van der Waals surface area contributed by atoms with Crippen LogP contribution in [0.25, 0.3) is 0 Å². The Labute approximate surface area is 224 Å². The molecule has 0 aliphatic carbocycles. The summed E-state index contributed by atoms with van der Waals surface area (Å²) in [6.07, 6.45) is 4.86. The first-order valence-corrected chi connectivity index (χ1v) is 14.2. The predicted molar refractivity (Wildman–Crippen MR) is 144 cm³/mol. The molecule has 2 fully saturated rings. The molecule has 5 rings (SSSR count). The van der Waals surface area contributed by atoms with Crippen molar-refractivity contribution in [3.8, 4) is 0 Å². The van der Waals surface area contributed by atoms with Gasteiger partial charge >= 0.3 is 6.03 Å². The summed E-state index contributed by atoms with van der Waals surface area (Å²) in [6.45, 7) is 2.31. The van der Waals surface area contributed by atoms with Gasteiger partial charge in [-0.25, -0.2) is 4.79 Å². The van der Waals surface area contributed by atoms with Crippen LogP contribution in [0, 0.1) is 0 Å². The first-order chi connectivity index (χ1) is 18.3. The van der Waals surface area contributed by atoms with Gasteiger partial charge in [0.05, 0.1) is 13.3 Å². The van der Waals surface area contributed by atoms with Gasteiger partial charge in [0.2, 0.25) is 5.91 Å². The summed E-state index contributed by atoms with van der Waals surface area (Å²) in [5.74, 6) is -0.128. The number of urea groups is 1. The molecule has 0 radical (unpaired) electrons. The second-order valence-electron chi connectivity index (χ2n) is 9.85.